The highest BCUT2D eigenvalue weighted by Gasteiger charge is 2.33. The molecule has 2 aliphatic carbocycles. The number of nitrogens with one attached hydrogen (secondary N) is 4. The van der Waals surface area contributed by atoms with Gasteiger partial charge in [-0.15, -0.1) is 0 Å². The van der Waals surface area contributed by atoms with E-state index in [1.807, 2.05) is 40.1 Å². The van der Waals surface area contributed by atoms with Crippen LogP contribution in [0.3, 0.4) is 0 Å². The van der Waals surface area contributed by atoms with Gasteiger partial charge in [-0.3, -0.25) is 9.59 Å². The van der Waals surface area contributed by atoms with Gasteiger partial charge in [0.25, 0.3) is 0 Å². The van der Waals surface area contributed by atoms with E-state index in [0.717, 1.165) is 83.8 Å². The number of carbonyl (C=O) groups excluding carboxylic acids is 2. The maximum absolute atomic E-state index is 13.0. The highest BCUT2D eigenvalue weighted by molar-refractivity contribution is 5.85. The summed E-state index contributed by atoms with van der Waals surface area (Å²) in [5.41, 5.74) is 7.57. The minimum absolute atomic E-state index is 0.0350. The van der Waals surface area contributed by atoms with Crippen LogP contribution in [0.25, 0.3) is 33.6 Å². The van der Waals surface area contributed by atoms with E-state index in [4.69, 9.17) is 0 Å². The van der Waals surface area contributed by atoms with Crippen molar-refractivity contribution in [1.29, 1.82) is 0 Å². The predicted octanol–water partition coefficient (Wildman–Crippen LogP) is 8.42. The third-order valence-electron chi connectivity index (χ3n) is 10.1. The Morgan fingerprint density at radius 1 is 0.604 bits per heavy atom. The van der Waals surface area contributed by atoms with E-state index >= 15 is 0 Å². The van der Waals surface area contributed by atoms with Crippen LogP contribution in [-0.2, 0) is 22.7 Å². The van der Waals surface area contributed by atoms with E-state index < -0.39 is 10.8 Å². The standard InChI is InChI=1S/C40H48N6O2/c1-39(2,31-11-7-5-8-12-31)37(47)43-25-35-41-23-33(45-35)29-19-15-27(16-20-29)28-17-21-30(22-18-28)34-24-42-36(46-34)26-44-38(48)40(3,4)32-13-9-6-10-14-32/h11,13,15-24H,5-10,12,14,25-26H2,1-4H3,(H,41,45)(H,42,46)(H,43,47)(H,44,48). The quantitative estimate of drug-likeness (QED) is 0.123. The van der Waals surface area contributed by atoms with E-state index in [2.05, 4.69) is 91.3 Å². The molecule has 250 valence electrons. The summed E-state index contributed by atoms with van der Waals surface area (Å²) in [7, 11) is 0. The van der Waals surface area contributed by atoms with E-state index in [-0.39, 0.29) is 11.8 Å². The van der Waals surface area contributed by atoms with Crippen molar-refractivity contribution >= 4 is 11.8 Å². The molecule has 0 bridgehead atoms. The summed E-state index contributed by atoms with van der Waals surface area (Å²) in [5, 5.41) is 6.16. The normalized spacial score (nSPS) is 15.4. The summed E-state index contributed by atoms with van der Waals surface area (Å²) >= 11 is 0. The number of carbonyl (C=O) groups is 2. The van der Waals surface area contributed by atoms with E-state index in [1.54, 1.807) is 0 Å². The second-order valence-electron chi connectivity index (χ2n) is 14.2. The summed E-state index contributed by atoms with van der Waals surface area (Å²) in [6.45, 7) is 8.77. The lowest BCUT2D eigenvalue weighted by Crippen LogP contribution is -2.38. The molecule has 48 heavy (non-hydrogen) atoms. The highest BCUT2D eigenvalue weighted by atomic mass is 16.2. The lowest BCUT2D eigenvalue weighted by molar-refractivity contribution is -0.128. The van der Waals surface area contributed by atoms with Crippen LogP contribution >= 0.6 is 0 Å². The fraction of sp³-hybridized carbons (Fsp3) is 0.400. The van der Waals surface area contributed by atoms with Crippen LogP contribution in [0.5, 0.6) is 0 Å². The molecule has 2 aromatic heterocycles. The Morgan fingerprint density at radius 3 is 1.33 bits per heavy atom. The molecule has 2 amide bonds. The Balaban J connectivity index is 1.02. The average Bonchev–Trinajstić information content (AvgIpc) is 3.81. The number of imidazole rings is 2. The summed E-state index contributed by atoms with van der Waals surface area (Å²) in [4.78, 5) is 41.8. The molecule has 4 N–H and O–H groups in total. The first kappa shape index (κ1) is 33.2. The maximum atomic E-state index is 13.0. The molecule has 6 rings (SSSR count). The number of hydrogen-bond acceptors (Lipinski definition) is 4. The summed E-state index contributed by atoms with van der Waals surface area (Å²) < 4.78 is 0. The van der Waals surface area contributed by atoms with Crippen LogP contribution in [0, 0.1) is 10.8 Å². The monoisotopic (exact) mass is 644 g/mol. The summed E-state index contributed by atoms with van der Waals surface area (Å²) in [6, 6.07) is 16.8. The van der Waals surface area contributed by atoms with Gasteiger partial charge in [-0.25, -0.2) is 9.97 Å². The lowest BCUT2D eigenvalue weighted by atomic mass is 9.78. The summed E-state index contributed by atoms with van der Waals surface area (Å²) in [5.74, 6) is 1.54. The Morgan fingerprint density at radius 2 is 0.979 bits per heavy atom. The smallest absolute Gasteiger partial charge is 0.230 e. The fourth-order valence-electron chi connectivity index (χ4n) is 6.76. The van der Waals surface area contributed by atoms with Crippen LogP contribution < -0.4 is 10.6 Å². The third-order valence-corrected chi connectivity index (χ3v) is 10.1. The molecule has 0 spiro atoms. The van der Waals surface area contributed by atoms with Crippen LogP contribution in [0.2, 0.25) is 0 Å². The Bertz CT molecular complexity index is 1670. The minimum atomic E-state index is -0.506. The number of aromatic amines is 2. The molecule has 0 unspecified atom stereocenters. The first-order chi connectivity index (χ1) is 23.1. The lowest BCUT2D eigenvalue weighted by Gasteiger charge is -2.29. The molecule has 2 aromatic carbocycles. The van der Waals surface area contributed by atoms with Gasteiger partial charge < -0.3 is 20.6 Å². The van der Waals surface area contributed by atoms with Gasteiger partial charge >= 0.3 is 0 Å². The van der Waals surface area contributed by atoms with Crippen LogP contribution in [0.1, 0.15) is 90.7 Å². The third kappa shape index (κ3) is 7.38. The first-order valence-corrected chi connectivity index (χ1v) is 17.4. The molecule has 2 heterocycles. The Kier molecular flexibility index (Phi) is 9.81. The number of allylic oxidation sites excluding steroid dienone is 2. The molecule has 0 atom stereocenters. The van der Waals surface area contributed by atoms with Gasteiger partial charge in [-0.05, 0) is 101 Å². The number of benzene rings is 2. The van der Waals surface area contributed by atoms with Crippen molar-refractivity contribution in [2.45, 2.75) is 92.2 Å². The molecule has 8 nitrogen and oxygen atoms in total. The van der Waals surface area contributed by atoms with Gasteiger partial charge in [0.15, 0.2) is 0 Å². The predicted molar refractivity (Wildman–Crippen MR) is 191 cm³/mol. The first-order valence-electron chi connectivity index (χ1n) is 17.4. The van der Waals surface area contributed by atoms with Crippen LogP contribution in [0.15, 0.2) is 84.2 Å². The van der Waals surface area contributed by atoms with Gasteiger partial charge in [0.2, 0.25) is 11.8 Å². The second kappa shape index (κ2) is 14.2. The Hall–Kier alpha value is -4.72. The maximum Gasteiger partial charge on any atom is 0.230 e. The minimum Gasteiger partial charge on any atom is -0.348 e. The topological polar surface area (TPSA) is 116 Å². The van der Waals surface area contributed by atoms with Gasteiger partial charge in [-0.1, -0.05) is 71.8 Å². The zero-order valence-corrected chi connectivity index (χ0v) is 28.7. The molecule has 0 saturated carbocycles. The van der Waals surface area contributed by atoms with Crippen molar-refractivity contribution in [3.05, 3.63) is 95.9 Å². The number of H-pyrrole nitrogens is 2. The van der Waals surface area contributed by atoms with Gasteiger partial charge in [0.1, 0.15) is 11.6 Å². The largest absolute Gasteiger partial charge is 0.348 e. The van der Waals surface area contributed by atoms with Gasteiger partial charge in [0.05, 0.1) is 47.7 Å². The zero-order chi connectivity index (χ0) is 33.7. The zero-order valence-electron chi connectivity index (χ0n) is 28.7. The van der Waals surface area contributed by atoms with Crippen molar-refractivity contribution in [2.24, 2.45) is 10.8 Å². The molecule has 0 aliphatic heterocycles. The second-order valence-corrected chi connectivity index (χ2v) is 14.2. The van der Waals surface area contributed by atoms with Crippen molar-refractivity contribution in [3.8, 4) is 33.6 Å². The molecule has 0 saturated heterocycles. The summed E-state index contributed by atoms with van der Waals surface area (Å²) in [6.07, 6.45) is 16.9. The Labute approximate surface area is 284 Å². The van der Waals surface area contributed by atoms with Crippen molar-refractivity contribution in [3.63, 3.8) is 0 Å². The number of hydrogen-bond donors (Lipinski definition) is 4. The van der Waals surface area contributed by atoms with Crippen molar-refractivity contribution < 1.29 is 9.59 Å². The molecule has 4 aromatic rings. The number of amides is 2. The molecule has 2 aliphatic rings. The SMILES string of the molecule is CC(C)(C(=O)NCc1ncc(-c2ccc(-c3ccc(-c4cnc(CNC(=O)C(C)(C)C5=CCCCC5)[nH]4)cc3)cc2)[nH]1)C1=CCCCC1. The van der Waals surface area contributed by atoms with Crippen LogP contribution in [0.4, 0.5) is 0 Å². The molecule has 0 fully saturated rings. The van der Waals surface area contributed by atoms with Crippen molar-refractivity contribution in [1.82, 2.24) is 30.6 Å². The number of aromatic nitrogens is 4. The van der Waals surface area contributed by atoms with E-state index in [0.29, 0.717) is 13.1 Å². The highest BCUT2D eigenvalue weighted by Crippen LogP contribution is 2.35. The van der Waals surface area contributed by atoms with E-state index in [1.165, 1.54) is 24.0 Å². The fourth-order valence-corrected chi connectivity index (χ4v) is 6.76. The molecule has 8 heteroatoms. The average molecular weight is 645 g/mol. The van der Waals surface area contributed by atoms with Crippen molar-refractivity contribution in [2.75, 3.05) is 0 Å². The number of rotatable bonds is 11. The molecular formula is C40H48N6O2. The molecular weight excluding hydrogens is 596 g/mol. The number of nitrogens with zero attached hydrogens (tertiary/aromatic N) is 2. The van der Waals surface area contributed by atoms with E-state index in [9.17, 15) is 9.59 Å². The molecule has 0 radical (unpaired) electrons. The van der Waals surface area contributed by atoms with Gasteiger partial charge in [0, 0.05) is 0 Å². The van der Waals surface area contributed by atoms with Crippen LogP contribution in [-0.4, -0.2) is 31.8 Å². The van der Waals surface area contributed by atoms with Gasteiger partial charge in [-0.2, -0.15) is 0 Å².